The second-order valence-corrected chi connectivity index (χ2v) is 6.04. The maximum Gasteiger partial charge on any atom is 0.227 e. The Balaban J connectivity index is 1.61. The molecule has 24 heavy (non-hydrogen) atoms. The molecule has 1 aromatic carbocycles. The van der Waals surface area contributed by atoms with E-state index in [0.29, 0.717) is 13.2 Å². The normalized spacial score (nSPS) is 16.5. The Kier molecular flexibility index (Phi) is 5.48. The van der Waals surface area contributed by atoms with E-state index in [1.165, 1.54) is 0 Å². The lowest BCUT2D eigenvalue weighted by Crippen LogP contribution is -2.31. The summed E-state index contributed by atoms with van der Waals surface area (Å²) in [7, 11) is 1.68. The van der Waals surface area contributed by atoms with Crippen LogP contribution in [0.15, 0.2) is 30.5 Å². The third-order valence-electron chi connectivity index (χ3n) is 4.46. The highest BCUT2D eigenvalue weighted by molar-refractivity contribution is 5.84. The second-order valence-electron chi connectivity index (χ2n) is 6.04. The van der Waals surface area contributed by atoms with Crippen LogP contribution in [0, 0.1) is 0 Å². The molecule has 1 heterocycles. The average Bonchev–Trinajstić information content (AvgIpc) is 3.09. The summed E-state index contributed by atoms with van der Waals surface area (Å²) >= 11 is 0. The number of hydrogen-bond donors (Lipinski definition) is 3. The van der Waals surface area contributed by atoms with Crippen LogP contribution < -0.4 is 10.6 Å². The fourth-order valence-electron chi connectivity index (χ4n) is 3.17. The van der Waals surface area contributed by atoms with Gasteiger partial charge in [-0.15, -0.1) is 0 Å². The van der Waals surface area contributed by atoms with E-state index in [2.05, 4.69) is 20.8 Å². The number of methoxy groups -OCH3 is 1. The summed E-state index contributed by atoms with van der Waals surface area (Å²) in [5.74, 6) is -0.0230. The van der Waals surface area contributed by atoms with Crippen molar-refractivity contribution in [2.75, 3.05) is 25.6 Å². The summed E-state index contributed by atoms with van der Waals surface area (Å²) in [6.07, 6.45) is 4.67. The molecule has 128 valence electrons. The van der Waals surface area contributed by atoms with Crippen LogP contribution in [0.5, 0.6) is 0 Å². The first kappa shape index (κ1) is 16.5. The molecule has 0 bridgehead atoms. The second kappa shape index (κ2) is 7.97. The average molecular weight is 328 g/mol. The van der Waals surface area contributed by atoms with Gasteiger partial charge in [0.2, 0.25) is 5.91 Å². The summed E-state index contributed by atoms with van der Waals surface area (Å²) in [6.45, 7) is 1.90. The van der Waals surface area contributed by atoms with E-state index in [4.69, 9.17) is 4.74 Å². The summed E-state index contributed by atoms with van der Waals surface area (Å²) in [6, 6.07) is 8.02. The van der Waals surface area contributed by atoms with Crippen molar-refractivity contribution < 1.29 is 9.53 Å². The molecule has 0 spiro atoms. The Labute approximate surface area is 142 Å². The zero-order chi connectivity index (χ0) is 16.8. The third-order valence-corrected chi connectivity index (χ3v) is 4.46. The first-order valence-corrected chi connectivity index (χ1v) is 8.40. The topological polar surface area (TPSA) is 79.0 Å². The highest BCUT2D eigenvalue weighted by atomic mass is 16.5. The van der Waals surface area contributed by atoms with Crippen LogP contribution >= 0.6 is 0 Å². The van der Waals surface area contributed by atoms with Crippen LogP contribution in [0.4, 0.5) is 5.69 Å². The van der Waals surface area contributed by atoms with Crippen molar-refractivity contribution in [2.24, 2.45) is 0 Å². The van der Waals surface area contributed by atoms with Crippen LogP contribution in [-0.2, 0) is 22.5 Å². The SMILES string of the molecule is COCCNc1ccccc1CNC(=O)[C@@H]1CCCc2[nH]ncc21. The predicted molar refractivity (Wildman–Crippen MR) is 92.9 cm³/mol. The monoisotopic (exact) mass is 328 g/mol. The molecule has 0 radical (unpaired) electrons. The van der Waals surface area contributed by atoms with E-state index in [0.717, 1.165) is 48.3 Å². The molecular formula is C18H24N4O2. The van der Waals surface area contributed by atoms with Gasteiger partial charge in [0.1, 0.15) is 0 Å². The summed E-state index contributed by atoms with van der Waals surface area (Å²) in [5.41, 5.74) is 4.25. The van der Waals surface area contributed by atoms with Crippen molar-refractivity contribution in [3.63, 3.8) is 0 Å². The quantitative estimate of drug-likeness (QED) is 0.681. The predicted octanol–water partition coefficient (Wildman–Crippen LogP) is 2.20. The number of aromatic nitrogens is 2. The number of ether oxygens (including phenoxy) is 1. The maximum absolute atomic E-state index is 12.6. The van der Waals surface area contributed by atoms with E-state index in [-0.39, 0.29) is 11.8 Å². The lowest BCUT2D eigenvalue weighted by atomic mass is 9.86. The van der Waals surface area contributed by atoms with E-state index >= 15 is 0 Å². The van der Waals surface area contributed by atoms with E-state index < -0.39 is 0 Å². The zero-order valence-electron chi connectivity index (χ0n) is 14.0. The van der Waals surface area contributed by atoms with Crippen molar-refractivity contribution in [3.8, 4) is 0 Å². The Bertz CT molecular complexity index is 683. The minimum atomic E-state index is -0.0962. The fourth-order valence-corrected chi connectivity index (χ4v) is 3.17. The number of carbonyl (C=O) groups is 1. The van der Waals surface area contributed by atoms with E-state index in [9.17, 15) is 4.79 Å². The van der Waals surface area contributed by atoms with Gasteiger partial charge >= 0.3 is 0 Å². The molecule has 0 fully saturated rings. The minimum Gasteiger partial charge on any atom is -0.383 e. The smallest absolute Gasteiger partial charge is 0.227 e. The first-order chi connectivity index (χ1) is 11.8. The molecule has 0 saturated heterocycles. The number of para-hydroxylation sites is 1. The molecule has 1 atom stereocenters. The van der Waals surface area contributed by atoms with E-state index in [1.54, 1.807) is 13.3 Å². The number of aryl methyl sites for hydroxylation is 1. The lowest BCUT2D eigenvalue weighted by molar-refractivity contribution is -0.123. The molecule has 1 aromatic heterocycles. The van der Waals surface area contributed by atoms with Crippen molar-refractivity contribution in [2.45, 2.75) is 31.7 Å². The Hall–Kier alpha value is -2.34. The van der Waals surface area contributed by atoms with Crippen LogP contribution in [0.2, 0.25) is 0 Å². The molecule has 0 unspecified atom stereocenters. The number of nitrogens with one attached hydrogen (secondary N) is 3. The molecular weight excluding hydrogens is 304 g/mol. The molecule has 1 aliphatic carbocycles. The molecule has 6 heteroatoms. The molecule has 0 aliphatic heterocycles. The van der Waals surface area contributed by atoms with Crippen molar-refractivity contribution >= 4 is 11.6 Å². The molecule has 3 rings (SSSR count). The number of hydrogen-bond acceptors (Lipinski definition) is 4. The minimum absolute atomic E-state index is 0.0732. The number of nitrogens with zero attached hydrogens (tertiary/aromatic N) is 1. The largest absolute Gasteiger partial charge is 0.383 e. The molecule has 1 amide bonds. The van der Waals surface area contributed by atoms with Gasteiger partial charge in [-0.2, -0.15) is 5.10 Å². The molecule has 3 N–H and O–H groups in total. The zero-order valence-corrected chi connectivity index (χ0v) is 14.0. The molecule has 6 nitrogen and oxygen atoms in total. The van der Waals surface area contributed by atoms with Gasteiger partial charge in [0.25, 0.3) is 0 Å². The van der Waals surface area contributed by atoms with Crippen molar-refractivity contribution in [3.05, 3.63) is 47.3 Å². The Morgan fingerprint density at radius 1 is 1.42 bits per heavy atom. The van der Waals surface area contributed by atoms with Gasteiger partial charge in [-0.25, -0.2) is 0 Å². The van der Waals surface area contributed by atoms with Gasteiger partial charge in [0.05, 0.1) is 18.7 Å². The van der Waals surface area contributed by atoms with Gasteiger partial charge in [-0.3, -0.25) is 9.89 Å². The summed E-state index contributed by atoms with van der Waals surface area (Å²) in [4.78, 5) is 12.6. The highest BCUT2D eigenvalue weighted by Gasteiger charge is 2.27. The number of H-pyrrole nitrogens is 1. The summed E-state index contributed by atoms with van der Waals surface area (Å²) in [5, 5.41) is 13.5. The first-order valence-electron chi connectivity index (χ1n) is 8.40. The molecule has 1 aliphatic rings. The third kappa shape index (κ3) is 3.76. The number of benzene rings is 1. The number of anilines is 1. The van der Waals surface area contributed by atoms with E-state index in [1.807, 2.05) is 24.3 Å². The standard InChI is InChI=1S/C18H24N4O2/c1-24-10-9-19-16-7-3-2-5-13(16)11-20-18(23)14-6-4-8-17-15(14)12-21-22-17/h2-3,5,7,12,14,19H,4,6,8-11H2,1H3,(H,20,23)(H,21,22)/t14-/m1/s1. The van der Waals surface area contributed by atoms with Crippen LogP contribution in [0.25, 0.3) is 0 Å². The highest BCUT2D eigenvalue weighted by Crippen LogP contribution is 2.30. The maximum atomic E-state index is 12.6. The van der Waals surface area contributed by atoms with Crippen LogP contribution in [-0.4, -0.2) is 36.4 Å². The van der Waals surface area contributed by atoms with Crippen molar-refractivity contribution in [1.82, 2.24) is 15.5 Å². The summed E-state index contributed by atoms with van der Waals surface area (Å²) < 4.78 is 5.07. The van der Waals surface area contributed by atoms with Crippen LogP contribution in [0.3, 0.4) is 0 Å². The number of carbonyl (C=O) groups excluding carboxylic acids is 1. The van der Waals surface area contributed by atoms with Gasteiger partial charge in [-0.1, -0.05) is 18.2 Å². The molecule has 2 aromatic rings. The number of rotatable bonds is 7. The van der Waals surface area contributed by atoms with Gasteiger partial charge in [0, 0.05) is 37.1 Å². The Morgan fingerprint density at radius 2 is 2.29 bits per heavy atom. The number of fused-ring (bicyclic) bond motifs is 1. The number of amides is 1. The van der Waals surface area contributed by atoms with Gasteiger partial charge in [-0.05, 0) is 30.9 Å². The van der Waals surface area contributed by atoms with Gasteiger partial charge < -0.3 is 15.4 Å². The lowest BCUT2D eigenvalue weighted by Gasteiger charge is -2.21. The Morgan fingerprint density at radius 3 is 3.17 bits per heavy atom. The number of aromatic amines is 1. The van der Waals surface area contributed by atoms with Gasteiger partial charge in [0.15, 0.2) is 0 Å². The molecule has 0 saturated carbocycles. The fraction of sp³-hybridized carbons (Fsp3) is 0.444. The van der Waals surface area contributed by atoms with Crippen molar-refractivity contribution in [1.29, 1.82) is 0 Å². The van der Waals surface area contributed by atoms with Crippen LogP contribution in [0.1, 0.15) is 35.6 Å².